The summed E-state index contributed by atoms with van der Waals surface area (Å²) in [6.07, 6.45) is 0.514. The van der Waals surface area contributed by atoms with Gasteiger partial charge in [-0.3, -0.25) is 0 Å². The van der Waals surface area contributed by atoms with E-state index in [2.05, 4.69) is 15.2 Å². The lowest BCUT2D eigenvalue weighted by Gasteiger charge is -2.10. The van der Waals surface area contributed by atoms with Crippen LogP contribution < -0.4 is 19.9 Å². The maximum Gasteiger partial charge on any atom is 0.240 e. The average molecular weight is 358 g/mol. The molecule has 0 aliphatic heterocycles. The van der Waals surface area contributed by atoms with Crippen LogP contribution in [0.2, 0.25) is 0 Å². The molecule has 3 aromatic rings. The van der Waals surface area contributed by atoms with Gasteiger partial charge < -0.3 is 19.9 Å². The molecule has 2 heterocycles. The van der Waals surface area contributed by atoms with Crippen LogP contribution in [-0.4, -0.2) is 45.4 Å². The zero-order chi connectivity index (χ0) is 18.7. The third-order valence-electron chi connectivity index (χ3n) is 3.84. The van der Waals surface area contributed by atoms with E-state index < -0.39 is 0 Å². The van der Waals surface area contributed by atoms with Crippen LogP contribution in [0.1, 0.15) is 18.3 Å². The molecular weight excluding hydrogens is 336 g/mol. The smallest absolute Gasteiger partial charge is 0.240 e. The van der Waals surface area contributed by atoms with Crippen molar-refractivity contribution in [3.63, 3.8) is 0 Å². The van der Waals surface area contributed by atoms with Crippen molar-refractivity contribution in [3.05, 3.63) is 35.7 Å². The van der Waals surface area contributed by atoms with Gasteiger partial charge in [-0.15, -0.1) is 10.2 Å². The van der Waals surface area contributed by atoms with Gasteiger partial charge in [-0.25, -0.2) is 4.68 Å². The van der Waals surface area contributed by atoms with Gasteiger partial charge in [0.1, 0.15) is 5.82 Å². The molecule has 0 aliphatic rings. The van der Waals surface area contributed by atoms with Crippen molar-refractivity contribution < 1.29 is 14.2 Å². The van der Waals surface area contributed by atoms with E-state index >= 15 is 0 Å². The standard InChI is InChI=1S/C17H22N6O3/c1-5-26-15-10-16(22(2)20-15)23-14(19-17(18)21-23)9-11-6-7-12(24-3)13(8-11)25-4/h6-8,10H,5,9H2,1-4H3,(H2,18,21). The molecule has 9 nitrogen and oxygen atoms in total. The summed E-state index contributed by atoms with van der Waals surface area (Å²) in [7, 11) is 5.02. The van der Waals surface area contributed by atoms with E-state index in [-0.39, 0.29) is 5.95 Å². The highest BCUT2D eigenvalue weighted by Crippen LogP contribution is 2.28. The fraction of sp³-hybridized carbons (Fsp3) is 0.353. The lowest BCUT2D eigenvalue weighted by molar-refractivity contribution is 0.323. The Labute approximate surface area is 151 Å². The van der Waals surface area contributed by atoms with Crippen LogP contribution >= 0.6 is 0 Å². The van der Waals surface area contributed by atoms with E-state index in [0.29, 0.717) is 42.0 Å². The topological polar surface area (TPSA) is 102 Å². The van der Waals surface area contributed by atoms with E-state index in [9.17, 15) is 0 Å². The number of nitrogen functional groups attached to an aromatic ring is 1. The van der Waals surface area contributed by atoms with Gasteiger partial charge in [0.2, 0.25) is 11.8 Å². The molecule has 0 spiro atoms. The summed E-state index contributed by atoms with van der Waals surface area (Å²) in [6.45, 7) is 2.44. The zero-order valence-corrected chi connectivity index (χ0v) is 15.3. The number of aryl methyl sites for hydroxylation is 1. The largest absolute Gasteiger partial charge is 0.493 e. The number of anilines is 1. The lowest BCUT2D eigenvalue weighted by Crippen LogP contribution is -2.09. The van der Waals surface area contributed by atoms with Crippen molar-refractivity contribution in [2.45, 2.75) is 13.3 Å². The van der Waals surface area contributed by atoms with Crippen LogP contribution in [-0.2, 0) is 13.5 Å². The number of methoxy groups -OCH3 is 2. The molecule has 0 fully saturated rings. The van der Waals surface area contributed by atoms with Crippen LogP contribution in [0.5, 0.6) is 17.4 Å². The maximum atomic E-state index is 5.84. The van der Waals surface area contributed by atoms with Crippen LogP contribution in [0, 0.1) is 0 Å². The van der Waals surface area contributed by atoms with Gasteiger partial charge in [-0.2, -0.15) is 9.67 Å². The molecular formula is C17H22N6O3. The molecule has 26 heavy (non-hydrogen) atoms. The number of hydrogen-bond donors (Lipinski definition) is 1. The van der Waals surface area contributed by atoms with Gasteiger partial charge in [-0.05, 0) is 24.6 Å². The minimum atomic E-state index is 0.194. The summed E-state index contributed by atoms with van der Waals surface area (Å²) in [5.74, 6) is 3.44. The number of ether oxygens (including phenoxy) is 3. The van der Waals surface area contributed by atoms with Crippen molar-refractivity contribution in [1.29, 1.82) is 0 Å². The summed E-state index contributed by atoms with van der Waals surface area (Å²) in [6, 6.07) is 7.51. The first-order valence-corrected chi connectivity index (χ1v) is 8.15. The number of nitrogens with zero attached hydrogens (tertiary/aromatic N) is 5. The van der Waals surface area contributed by atoms with Gasteiger partial charge >= 0.3 is 0 Å². The quantitative estimate of drug-likeness (QED) is 0.684. The number of rotatable bonds is 7. The van der Waals surface area contributed by atoms with E-state index in [1.165, 1.54) is 0 Å². The summed E-state index contributed by atoms with van der Waals surface area (Å²) < 4.78 is 19.4. The first-order chi connectivity index (χ1) is 12.5. The highest BCUT2D eigenvalue weighted by Gasteiger charge is 2.16. The van der Waals surface area contributed by atoms with E-state index in [1.807, 2.05) is 32.2 Å². The highest BCUT2D eigenvalue weighted by molar-refractivity contribution is 5.44. The molecule has 138 valence electrons. The SMILES string of the molecule is CCOc1cc(-n2nc(N)nc2Cc2ccc(OC)c(OC)c2)n(C)n1. The molecule has 0 amide bonds. The molecule has 2 N–H and O–H groups in total. The van der Waals surface area contributed by atoms with E-state index in [1.54, 1.807) is 29.6 Å². The Balaban J connectivity index is 1.95. The van der Waals surface area contributed by atoms with Gasteiger partial charge in [0, 0.05) is 19.5 Å². The van der Waals surface area contributed by atoms with Crippen LogP contribution in [0.25, 0.3) is 5.82 Å². The van der Waals surface area contributed by atoms with Crippen LogP contribution in [0.15, 0.2) is 24.3 Å². The van der Waals surface area contributed by atoms with Gasteiger partial charge in [0.05, 0.1) is 20.8 Å². The van der Waals surface area contributed by atoms with Crippen LogP contribution in [0.4, 0.5) is 5.95 Å². The molecule has 0 unspecified atom stereocenters. The number of benzene rings is 1. The van der Waals surface area contributed by atoms with Crippen molar-refractivity contribution in [2.75, 3.05) is 26.6 Å². The molecule has 9 heteroatoms. The van der Waals surface area contributed by atoms with Crippen molar-refractivity contribution in [2.24, 2.45) is 7.05 Å². The third-order valence-corrected chi connectivity index (χ3v) is 3.84. The molecule has 0 saturated carbocycles. The van der Waals surface area contributed by atoms with Gasteiger partial charge in [0.15, 0.2) is 17.3 Å². The molecule has 2 aromatic heterocycles. The summed E-state index contributed by atoms with van der Waals surface area (Å²) in [5, 5.41) is 8.61. The highest BCUT2D eigenvalue weighted by atomic mass is 16.5. The van der Waals surface area contributed by atoms with Gasteiger partial charge in [0.25, 0.3) is 0 Å². The summed E-state index contributed by atoms with van der Waals surface area (Å²) in [5.41, 5.74) is 6.83. The predicted molar refractivity (Wildman–Crippen MR) is 96.1 cm³/mol. The normalized spacial score (nSPS) is 10.8. The van der Waals surface area contributed by atoms with E-state index in [0.717, 1.165) is 5.56 Å². The average Bonchev–Trinajstić information content (AvgIpc) is 3.17. The fourth-order valence-corrected chi connectivity index (χ4v) is 2.68. The van der Waals surface area contributed by atoms with Crippen molar-refractivity contribution in [3.8, 4) is 23.2 Å². The zero-order valence-electron chi connectivity index (χ0n) is 15.3. The summed E-state index contributed by atoms with van der Waals surface area (Å²) >= 11 is 0. The number of aromatic nitrogens is 5. The minimum Gasteiger partial charge on any atom is -0.493 e. The second-order valence-corrected chi connectivity index (χ2v) is 5.56. The van der Waals surface area contributed by atoms with Crippen molar-refractivity contribution in [1.82, 2.24) is 24.5 Å². The Kier molecular flexibility index (Phi) is 4.97. The van der Waals surface area contributed by atoms with Gasteiger partial charge in [-0.1, -0.05) is 6.07 Å². The second kappa shape index (κ2) is 7.34. The molecule has 0 bridgehead atoms. The fourth-order valence-electron chi connectivity index (χ4n) is 2.68. The summed E-state index contributed by atoms with van der Waals surface area (Å²) in [4.78, 5) is 4.35. The Morgan fingerprint density at radius 3 is 2.54 bits per heavy atom. The molecule has 0 saturated heterocycles. The monoisotopic (exact) mass is 358 g/mol. The predicted octanol–water partition coefficient (Wildman–Crippen LogP) is 1.59. The van der Waals surface area contributed by atoms with Crippen LogP contribution in [0.3, 0.4) is 0 Å². The first-order valence-electron chi connectivity index (χ1n) is 8.15. The van der Waals surface area contributed by atoms with Crippen molar-refractivity contribution >= 4 is 5.95 Å². The lowest BCUT2D eigenvalue weighted by atomic mass is 10.1. The third kappa shape index (κ3) is 3.41. The molecule has 3 rings (SSSR count). The Bertz CT molecular complexity index is 902. The van der Waals surface area contributed by atoms with E-state index in [4.69, 9.17) is 19.9 Å². The number of nitrogens with two attached hydrogens (primary N) is 1. The minimum absolute atomic E-state index is 0.194. The molecule has 1 aromatic carbocycles. The molecule has 0 aliphatic carbocycles. The molecule has 0 atom stereocenters. The Hall–Kier alpha value is -3.23. The first kappa shape index (κ1) is 17.6. The maximum absolute atomic E-state index is 5.84. The second-order valence-electron chi connectivity index (χ2n) is 5.56. The number of hydrogen-bond acceptors (Lipinski definition) is 7. The molecule has 0 radical (unpaired) electrons. The Morgan fingerprint density at radius 1 is 1.08 bits per heavy atom. The Morgan fingerprint density at radius 2 is 1.85 bits per heavy atom.